The van der Waals surface area contributed by atoms with Crippen molar-refractivity contribution in [1.29, 1.82) is 0 Å². The summed E-state index contributed by atoms with van der Waals surface area (Å²) in [6.07, 6.45) is 0. The van der Waals surface area contributed by atoms with E-state index in [4.69, 9.17) is 0 Å². The molecule has 154 valence electrons. The van der Waals surface area contributed by atoms with Gasteiger partial charge in [-0.1, -0.05) is 12.1 Å². The molecule has 2 amide bonds. The number of carbonyl (C=O) groups is 3. The first-order chi connectivity index (χ1) is 13.7. The molecular weight excluding hydrogens is 366 g/mol. The predicted molar refractivity (Wildman–Crippen MR) is 117 cm³/mol. The first-order valence-electron chi connectivity index (χ1n) is 9.78. The number of anilines is 3. The molecule has 2 rings (SSSR count). The number of amides is 2. The van der Waals surface area contributed by atoms with Crippen LogP contribution in [0.3, 0.4) is 0 Å². The van der Waals surface area contributed by atoms with Crippen LogP contribution in [-0.2, 0) is 9.59 Å². The van der Waals surface area contributed by atoms with Crippen molar-refractivity contribution in [2.24, 2.45) is 5.41 Å². The van der Waals surface area contributed by atoms with Crippen LogP contribution >= 0.6 is 0 Å². The standard InChI is InChI=1S/C23H29N3O3/c1-6-26(7-2)20-13-11-18(12-14-20)24-21(28)23(4,5)22(29)25-19-10-8-9-17(15-19)16(3)27/h8-15H,6-7H2,1-5H3,(H,24,28)(H,25,29). The van der Waals surface area contributed by atoms with E-state index in [0.29, 0.717) is 16.9 Å². The first-order valence-corrected chi connectivity index (χ1v) is 9.78. The molecule has 0 aliphatic rings. The van der Waals surface area contributed by atoms with E-state index in [9.17, 15) is 14.4 Å². The molecule has 0 unspecified atom stereocenters. The van der Waals surface area contributed by atoms with Crippen molar-refractivity contribution >= 4 is 34.7 Å². The molecule has 0 bridgehead atoms. The molecule has 0 heterocycles. The molecule has 6 heteroatoms. The van der Waals surface area contributed by atoms with Gasteiger partial charge in [0.25, 0.3) is 0 Å². The van der Waals surface area contributed by atoms with Gasteiger partial charge in [-0.25, -0.2) is 0 Å². The molecule has 0 aliphatic heterocycles. The lowest BCUT2D eigenvalue weighted by atomic mass is 9.90. The number of nitrogens with zero attached hydrogens (tertiary/aromatic N) is 1. The number of hydrogen-bond acceptors (Lipinski definition) is 4. The van der Waals surface area contributed by atoms with Gasteiger partial charge in [-0.3, -0.25) is 14.4 Å². The summed E-state index contributed by atoms with van der Waals surface area (Å²) >= 11 is 0. The number of Topliss-reactive ketones (excluding diaryl/α,β-unsaturated/α-hetero) is 1. The van der Waals surface area contributed by atoms with Crippen LogP contribution in [0.2, 0.25) is 0 Å². The number of carbonyl (C=O) groups excluding carboxylic acids is 3. The molecule has 0 radical (unpaired) electrons. The third-order valence-corrected chi connectivity index (χ3v) is 4.92. The second kappa shape index (κ2) is 9.37. The maximum Gasteiger partial charge on any atom is 0.239 e. The number of rotatable bonds is 8. The number of hydrogen-bond donors (Lipinski definition) is 2. The smallest absolute Gasteiger partial charge is 0.239 e. The van der Waals surface area contributed by atoms with Crippen LogP contribution in [0.25, 0.3) is 0 Å². The van der Waals surface area contributed by atoms with E-state index >= 15 is 0 Å². The Bertz CT molecular complexity index is 884. The van der Waals surface area contributed by atoms with Crippen LogP contribution in [0.15, 0.2) is 48.5 Å². The Morgan fingerprint density at radius 3 is 1.93 bits per heavy atom. The minimum absolute atomic E-state index is 0.0914. The van der Waals surface area contributed by atoms with Gasteiger partial charge in [0.1, 0.15) is 5.41 Å². The molecule has 0 saturated heterocycles. The topological polar surface area (TPSA) is 78.5 Å². The molecule has 0 aliphatic carbocycles. The van der Waals surface area contributed by atoms with Crippen LogP contribution in [0.4, 0.5) is 17.1 Å². The highest BCUT2D eigenvalue weighted by atomic mass is 16.2. The fourth-order valence-electron chi connectivity index (χ4n) is 2.84. The third-order valence-electron chi connectivity index (χ3n) is 4.92. The van der Waals surface area contributed by atoms with Crippen molar-refractivity contribution in [3.8, 4) is 0 Å². The zero-order valence-corrected chi connectivity index (χ0v) is 17.7. The fourth-order valence-corrected chi connectivity index (χ4v) is 2.84. The highest BCUT2D eigenvalue weighted by Crippen LogP contribution is 2.23. The summed E-state index contributed by atoms with van der Waals surface area (Å²) in [7, 11) is 0. The van der Waals surface area contributed by atoms with Crippen molar-refractivity contribution in [3.05, 3.63) is 54.1 Å². The molecule has 0 saturated carbocycles. The molecule has 2 N–H and O–H groups in total. The molecule has 2 aromatic rings. The molecule has 29 heavy (non-hydrogen) atoms. The van der Waals surface area contributed by atoms with Crippen molar-refractivity contribution in [2.75, 3.05) is 28.6 Å². The number of benzene rings is 2. The van der Waals surface area contributed by atoms with E-state index in [1.165, 1.54) is 6.92 Å². The summed E-state index contributed by atoms with van der Waals surface area (Å²) in [5.74, 6) is -0.949. The highest BCUT2D eigenvalue weighted by molar-refractivity contribution is 6.14. The van der Waals surface area contributed by atoms with Crippen LogP contribution in [-0.4, -0.2) is 30.7 Å². The Kier molecular flexibility index (Phi) is 7.15. The minimum Gasteiger partial charge on any atom is -0.372 e. The molecule has 0 spiro atoms. The molecule has 6 nitrogen and oxygen atoms in total. The summed E-state index contributed by atoms with van der Waals surface area (Å²) in [5, 5.41) is 5.53. The van der Waals surface area contributed by atoms with E-state index < -0.39 is 17.2 Å². The van der Waals surface area contributed by atoms with Gasteiger partial charge >= 0.3 is 0 Å². The summed E-state index contributed by atoms with van der Waals surface area (Å²) in [6, 6.07) is 14.2. The monoisotopic (exact) mass is 395 g/mol. The maximum absolute atomic E-state index is 12.7. The normalized spacial score (nSPS) is 10.9. The lowest BCUT2D eigenvalue weighted by molar-refractivity contribution is -0.135. The Balaban J connectivity index is 2.07. The van der Waals surface area contributed by atoms with Crippen molar-refractivity contribution in [3.63, 3.8) is 0 Å². The fraction of sp³-hybridized carbons (Fsp3) is 0.348. The summed E-state index contributed by atoms with van der Waals surface area (Å²) in [5.41, 5.74) is 1.38. The summed E-state index contributed by atoms with van der Waals surface area (Å²) < 4.78 is 0. The van der Waals surface area contributed by atoms with E-state index in [-0.39, 0.29) is 5.78 Å². The van der Waals surface area contributed by atoms with E-state index in [0.717, 1.165) is 18.8 Å². The Morgan fingerprint density at radius 1 is 0.862 bits per heavy atom. The Morgan fingerprint density at radius 2 is 1.41 bits per heavy atom. The van der Waals surface area contributed by atoms with Crippen LogP contribution in [0.1, 0.15) is 45.0 Å². The molecule has 2 aromatic carbocycles. The molecule has 0 aromatic heterocycles. The van der Waals surface area contributed by atoms with Gasteiger partial charge in [-0.15, -0.1) is 0 Å². The quantitative estimate of drug-likeness (QED) is 0.515. The second-order valence-electron chi connectivity index (χ2n) is 7.39. The highest BCUT2D eigenvalue weighted by Gasteiger charge is 2.36. The SMILES string of the molecule is CCN(CC)c1ccc(NC(=O)C(C)(C)C(=O)Nc2cccc(C(C)=O)c2)cc1. The zero-order chi connectivity index (χ0) is 21.6. The Labute approximate surface area is 172 Å². The van der Waals surface area contributed by atoms with E-state index in [2.05, 4.69) is 29.4 Å². The van der Waals surface area contributed by atoms with Crippen molar-refractivity contribution in [1.82, 2.24) is 0 Å². The largest absolute Gasteiger partial charge is 0.372 e. The predicted octanol–water partition coefficient (Wildman–Crippen LogP) is 4.34. The van der Waals surface area contributed by atoms with Crippen LogP contribution < -0.4 is 15.5 Å². The zero-order valence-electron chi connectivity index (χ0n) is 17.7. The van der Waals surface area contributed by atoms with Gasteiger partial charge in [-0.2, -0.15) is 0 Å². The second-order valence-corrected chi connectivity index (χ2v) is 7.39. The van der Waals surface area contributed by atoms with Gasteiger partial charge in [0.15, 0.2) is 5.78 Å². The average Bonchev–Trinajstić information content (AvgIpc) is 2.70. The van der Waals surface area contributed by atoms with Crippen LogP contribution in [0, 0.1) is 5.41 Å². The molecule has 0 fully saturated rings. The lowest BCUT2D eigenvalue weighted by Gasteiger charge is -2.24. The average molecular weight is 396 g/mol. The van der Waals surface area contributed by atoms with E-state index in [1.807, 2.05) is 24.3 Å². The van der Waals surface area contributed by atoms with Crippen molar-refractivity contribution in [2.45, 2.75) is 34.6 Å². The minimum atomic E-state index is -1.30. The van der Waals surface area contributed by atoms with Gasteiger partial charge in [-0.05, 0) is 71.0 Å². The molecular formula is C23H29N3O3. The Hall–Kier alpha value is -3.15. The summed E-state index contributed by atoms with van der Waals surface area (Å²) in [4.78, 5) is 39.2. The summed E-state index contributed by atoms with van der Waals surface area (Å²) in [6.45, 7) is 10.6. The van der Waals surface area contributed by atoms with Gasteiger partial charge in [0.05, 0.1) is 0 Å². The number of nitrogens with one attached hydrogen (secondary N) is 2. The number of ketones is 1. The van der Waals surface area contributed by atoms with Gasteiger partial charge in [0.2, 0.25) is 11.8 Å². The van der Waals surface area contributed by atoms with Crippen LogP contribution in [0.5, 0.6) is 0 Å². The van der Waals surface area contributed by atoms with Gasteiger partial charge in [0, 0.05) is 35.7 Å². The third kappa shape index (κ3) is 5.44. The maximum atomic E-state index is 12.7. The first kappa shape index (κ1) is 22.1. The van der Waals surface area contributed by atoms with Gasteiger partial charge < -0.3 is 15.5 Å². The lowest BCUT2D eigenvalue weighted by Crippen LogP contribution is -2.41. The van der Waals surface area contributed by atoms with Crippen molar-refractivity contribution < 1.29 is 14.4 Å². The molecule has 0 atom stereocenters. The van der Waals surface area contributed by atoms with E-state index in [1.54, 1.807) is 38.1 Å².